The van der Waals surface area contributed by atoms with Gasteiger partial charge in [0.15, 0.2) is 5.11 Å². The molecule has 2 aromatic carbocycles. The lowest BCUT2D eigenvalue weighted by molar-refractivity contribution is 1.47. The minimum Gasteiger partial charge on any atom is -0.396 e. The van der Waals surface area contributed by atoms with Gasteiger partial charge in [-0.15, -0.1) is 0 Å². The third-order valence-electron chi connectivity index (χ3n) is 2.65. The fraction of sp³-hybridized carbons (Fsp3) is 0.0714. The van der Waals surface area contributed by atoms with E-state index >= 15 is 0 Å². The quantitative estimate of drug-likeness (QED) is 0.553. The molecule has 104 valence electrons. The highest BCUT2D eigenvalue weighted by Crippen LogP contribution is 2.31. The van der Waals surface area contributed by atoms with Crippen molar-refractivity contribution in [3.63, 3.8) is 0 Å². The van der Waals surface area contributed by atoms with E-state index in [-0.39, 0.29) is 0 Å². The van der Waals surface area contributed by atoms with E-state index < -0.39 is 0 Å². The van der Waals surface area contributed by atoms with Crippen LogP contribution >= 0.6 is 35.4 Å². The molecule has 0 unspecified atom stereocenters. The average Bonchev–Trinajstić information content (AvgIpc) is 2.38. The van der Waals surface area contributed by atoms with Gasteiger partial charge in [-0.05, 0) is 43.4 Å². The molecule has 2 rings (SSSR count). The van der Waals surface area contributed by atoms with Crippen LogP contribution < -0.4 is 16.4 Å². The number of thiocarbonyl (C=S) groups is 1. The van der Waals surface area contributed by atoms with Crippen LogP contribution in [-0.2, 0) is 0 Å². The maximum absolute atomic E-state index is 5.97. The summed E-state index contributed by atoms with van der Waals surface area (Å²) >= 11 is 17.2. The van der Waals surface area contributed by atoms with Crippen molar-refractivity contribution in [2.75, 3.05) is 16.4 Å². The van der Waals surface area contributed by atoms with Gasteiger partial charge in [-0.25, -0.2) is 0 Å². The zero-order valence-electron chi connectivity index (χ0n) is 10.7. The summed E-state index contributed by atoms with van der Waals surface area (Å²) in [5.41, 5.74) is 8.81. The van der Waals surface area contributed by atoms with Crippen LogP contribution in [0.2, 0.25) is 10.0 Å². The van der Waals surface area contributed by atoms with Gasteiger partial charge in [-0.3, -0.25) is 0 Å². The zero-order chi connectivity index (χ0) is 14.7. The molecule has 0 spiro atoms. The molecule has 0 amide bonds. The molecule has 0 aromatic heterocycles. The summed E-state index contributed by atoms with van der Waals surface area (Å²) in [4.78, 5) is 0. The Morgan fingerprint density at radius 1 is 1.00 bits per heavy atom. The largest absolute Gasteiger partial charge is 0.396 e. The second-order valence-corrected chi connectivity index (χ2v) is 5.52. The third-order valence-corrected chi connectivity index (χ3v) is 3.48. The third kappa shape index (κ3) is 3.76. The van der Waals surface area contributed by atoms with Crippen LogP contribution in [0.1, 0.15) is 5.56 Å². The van der Waals surface area contributed by atoms with Crippen LogP contribution in [0.3, 0.4) is 0 Å². The van der Waals surface area contributed by atoms with Gasteiger partial charge < -0.3 is 16.4 Å². The summed E-state index contributed by atoms with van der Waals surface area (Å²) in [5.74, 6) is 0. The lowest BCUT2D eigenvalue weighted by Gasteiger charge is -2.12. The molecule has 0 aliphatic rings. The molecule has 3 nitrogen and oxygen atoms in total. The topological polar surface area (TPSA) is 50.1 Å². The Bertz CT molecular complexity index is 618. The van der Waals surface area contributed by atoms with E-state index in [2.05, 4.69) is 10.6 Å². The number of benzene rings is 2. The Morgan fingerprint density at radius 3 is 2.05 bits per heavy atom. The summed E-state index contributed by atoms with van der Waals surface area (Å²) in [6, 6.07) is 11.3. The van der Waals surface area contributed by atoms with Gasteiger partial charge in [0.2, 0.25) is 0 Å². The highest BCUT2D eigenvalue weighted by atomic mass is 35.5. The highest BCUT2D eigenvalue weighted by molar-refractivity contribution is 7.80. The van der Waals surface area contributed by atoms with Crippen molar-refractivity contribution >= 4 is 57.6 Å². The minimum atomic E-state index is 0.358. The van der Waals surface area contributed by atoms with Gasteiger partial charge in [0, 0.05) is 11.4 Å². The maximum Gasteiger partial charge on any atom is 0.175 e. The number of hydrogen-bond acceptors (Lipinski definition) is 2. The van der Waals surface area contributed by atoms with Crippen LogP contribution in [0.5, 0.6) is 0 Å². The van der Waals surface area contributed by atoms with E-state index in [1.54, 1.807) is 12.1 Å². The molecule has 0 radical (unpaired) electrons. The number of nitrogens with one attached hydrogen (secondary N) is 2. The summed E-state index contributed by atoms with van der Waals surface area (Å²) in [7, 11) is 0. The molecule has 0 aliphatic carbocycles. The number of nitrogens with two attached hydrogens (primary N) is 1. The van der Waals surface area contributed by atoms with Crippen LogP contribution in [0, 0.1) is 6.92 Å². The predicted molar refractivity (Wildman–Crippen MR) is 91.9 cm³/mol. The van der Waals surface area contributed by atoms with Crippen molar-refractivity contribution in [1.82, 2.24) is 0 Å². The van der Waals surface area contributed by atoms with E-state index in [9.17, 15) is 0 Å². The van der Waals surface area contributed by atoms with Gasteiger partial charge in [-0.2, -0.15) is 0 Å². The fourth-order valence-electron chi connectivity index (χ4n) is 1.59. The van der Waals surface area contributed by atoms with Gasteiger partial charge in [0.05, 0.1) is 15.7 Å². The molecule has 0 atom stereocenters. The Hall–Kier alpha value is -1.49. The molecule has 0 heterocycles. The molecule has 6 heteroatoms. The van der Waals surface area contributed by atoms with Crippen molar-refractivity contribution in [2.24, 2.45) is 0 Å². The first-order valence-corrected chi connectivity index (χ1v) is 7.01. The molecule has 0 fully saturated rings. The lowest BCUT2D eigenvalue weighted by atomic mass is 10.2. The second kappa shape index (κ2) is 6.31. The molecule has 20 heavy (non-hydrogen) atoms. The SMILES string of the molecule is Cc1ccc(NC(=S)Nc2cc(Cl)c(N)c(Cl)c2)cc1. The number of aryl methyl sites for hydroxylation is 1. The molecule has 2 aromatic rings. The van der Waals surface area contributed by atoms with Gasteiger partial charge in [-0.1, -0.05) is 40.9 Å². The second-order valence-electron chi connectivity index (χ2n) is 4.30. The summed E-state index contributed by atoms with van der Waals surface area (Å²) < 4.78 is 0. The molecule has 0 bridgehead atoms. The number of hydrogen-bond donors (Lipinski definition) is 3. The Morgan fingerprint density at radius 2 is 1.50 bits per heavy atom. The van der Waals surface area contributed by atoms with Gasteiger partial charge in [0.1, 0.15) is 0 Å². The first kappa shape index (κ1) is 14.9. The molecular formula is C14H13Cl2N3S. The van der Waals surface area contributed by atoms with Crippen molar-refractivity contribution in [3.05, 3.63) is 52.0 Å². The van der Waals surface area contributed by atoms with Crippen molar-refractivity contribution in [2.45, 2.75) is 6.92 Å². The Labute approximate surface area is 133 Å². The molecule has 4 N–H and O–H groups in total. The monoisotopic (exact) mass is 325 g/mol. The van der Waals surface area contributed by atoms with Crippen molar-refractivity contribution in [1.29, 1.82) is 0 Å². The van der Waals surface area contributed by atoms with E-state index in [0.29, 0.717) is 26.5 Å². The Kier molecular flexibility index (Phi) is 4.70. The molecule has 0 aliphatic heterocycles. The van der Waals surface area contributed by atoms with E-state index in [1.807, 2.05) is 31.2 Å². The van der Waals surface area contributed by atoms with Crippen LogP contribution in [0.4, 0.5) is 17.1 Å². The molecule has 0 saturated carbocycles. The number of nitrogen functional groups attached to an aromatic ring is 1. The highest BCUT2D eigenvalue weighted by Gasteiger charge is 2.06. The zero-order valence-corrected chi connectivity index (χ0v) is 13.0. The van der Waals surface area contributed by atoms with Crippen molar-refractivity contribution < 1.29 is 0 Å². The Balaban J connectivity index is 2.06. The van der Waals surface area contributed by atoms with Crippen LogP contribution in [-0.4, -0.2) is 5.11 Å². The van der Waals surface area contributed by atoms with Crippen LogP contribution in [0.15, 0.2) is 36.4 Å². The van der Waals surface area contributed by atoms with Gasteiger partial charge in [0.25, 0.3) is 0 Å². The minimum absolute atomic E-state index is 0.358. The van der Waals surface area contributed by atoms with Crippen molar-refractivity contribution in [3.8, 4) is 0 Å². The first-order valence-electron chi connectivity index (χ1n) is 5.85. The summed E-state index contributed by atoms with van der Waals surface area (Å²) in [6.45, 7) is 2.03. The number of rotatable bonds is 2. The summed E-state index contributed by atoms with van der Waals surface area (Å²) in [5, 5.41) is 7.31. The maximum atomic E-state index is 5.97. The first-order chi connectivity index (χ1) is 9.45. The lowest BCUT2D eigenvalue weighted by Crippen LogP contribution is -2.19. The van der Waals surface area contributed by atoms with E-state index in [4.69, 9.17) is 41.2 Å². The number of anilines is 3. The summed E-state index contributed by atoms with van der Waals surface area (Å²) in [6.07, 6.45) is 0. The fourth-order valence-corrected chi connectivity index (χ4v) is 2.31. The van der Waals surface area contributed by atoms with E-state index in [1.165, 1.54) is 5.56 Å². The average molecular weight is 326 g/mol. The van der Waals surface area contributed by atoms with E-state index in [0.717, 1.165) is 5.69 Å². The molecular weight excluding hydrogens is 313 g/mol. The molecule has 0 saturated heterocycles. The predicted octanol–water partition coefficient (Wildman–Crippen LogP) is 4.69. The van der Waals surface area contributed by atoms with Crippen LogP contribution in [0.25, 0.3) is 0 Å². The standard InChI is InChI=1S/C14H13Cl2N3S/c1-8-2-4-9(5-3-8)18-14(20)19-10-6-11(15)13(17)12(16)7-10/h2-7H,17H2,1H3,(H2,18,19,20). The normalized spacial score (nSPS) is 10.2. The smallest absolute Gasteiger partial charge is 0.175 e. The number of halogens is 2. The van der Waals surface area contributed by atoms with Gasteiger partial charge >= 0.3 is 0 Å².